The molecule has 1 nitrogen and oxygen atoms in total. The van der Waals surface area contributed by atoms with Crippen molar-refractivity contribution in [3.8, 4) is 0 Å². The second-order valence-electron chi connectivity index (χ2n) is 0.793. The van der Waals surface area contributed by atoms with Crippen molar-refractivity contribution < 1.29 is 24.0 Å². The highest BCUT2D eigenvalue weighted by Gasteiger charge is 1.66. The number of alkyl halides is 1. The Bertz CT molecular complexity index is 16.3. The van der Waals surface area contributed by atoms with Crippen LogP contribution < -0.4 is 29.3 Å². The summed E-state index contributed by atoms with van der Waals surface area (Å²) in [7, 11) is 1.96. The van der Waals surface area contributed by atoms with Gasteiger partial charge in [-0.05, 0) is 7.05 Å². The molecule has 3 heteroatoms. The van der Waals surface area contributed by atoms with E-state index in [1.165, 1.54) is 4.43 Å². The largest absolute Gasteiger partial charge is 1.00 e. The van der Waals surface area contributed by atoms with Crippen molar-refractivity contribution in [2.24, 2.45) is 0 Å². The van der Waals surface area contributed by atoms with Crippen LogP contribution in [-0.4, -0.2) is 18.0 Å². The normalized spacial score (nSPS) is 7.00. The maximum absolute atomic E-state index is 3.01. The SMILES string of the molecule is CNCCI.[I-]. The number of halogens is 2. The van der Waals surface area contributed by atoms with Gasteiger partial charge in [0.1, 0.15) is 0 Å². The van der Waals surface area contributed by atoms with Crippen LogP contribution in [0.5, 0.6) is 0 Å². The molecule has 0 saturated carbocycles. The Morgan fingerprint density at radius 2 is 2.17 bits per heavy atom. The fraction of sp³-hybridized carbons (Fsp3) is 1.00. The molecule has 0 saturated heterocycles. The first-order chi connectivity index (χ1) is 2.41. The zero-order chi connectivity index (χ0) is 4.12. The maximum Gasteiger partial charge on any atom is 0.0121 e. The molecule has 0 radical (unpaired) electrons. The van der Waals surface area contributed by atoms with Gasteiger partial charge in [0.15, 0.2) is 0 Å². The van der Waals surface area contributed by atoms with Crippen LogP contribution in [0.4, 0.5) is 0 Å². The van der Waals surface area contributed by atoms with E-state index in [0.717, 1.165) is 6.54 Å². The molecule has 0 aromatic carbocycles. The summed E-state index contributed by atoms with van der Waals surface area (Å²) >= 11 is 2.32. The molecule has 1 N–H and O–H groups in total. The molecule has 0 rings (SSSR count). The van der Waals surface area contributed by atoms with Crippen LogP contribution >= 0.6 is 22.6 Å². The minimum Gasteiger partial charge on any atom is -1.00 e. The molecule has 0 fully saturated rings. The molecule has 0 unspecified atom stereocenters. The number of hydrogen-bond acceptors (Lipinski definition) is 1. The van der Waals surface area contributed by atoms with Gasteiger partial charge in [-0.1, -0.05) is 22.6 Å². The third-order valence-corrected chi connectivity index (χ3v) is 0.884. The monoisotopic (exact) mass is 312 g/mol. The Morgan fingerprint density at radius 3 is 2.17 bits per heavy atom. The molecule has 0 aliphatic heterocycles. The van der Waals surface area contributed by atoms with Gasteiger partial charge >= 0.3 is 0 Å². The molecule has 0 aliphatic carbocycles. The standard InChI is InChI=1S/C3H8IN.HI/c1-5-3-2-4;/h5H,2-3H2,1H3;1H/p-1. The fourth-order valence-corrected chi connectivity index (χ4v) is 0.634. The number of nitrogens with one attached hydrogen (secondary N) is 1. The molecule has 40 valence electrons. The third kappa shape index (κ3) is 9.05. The van der Waals surface area contributed by atoms with Crippen LogP contribution in [-0.2, 0) is 0 Å². The van der Waals surface area contributed by atoms with Crippen molar-refractivity contribution in [3.05, 3.63) is 0 Å². The van der Waals surface area contributed by atoms with Gasteiger partial charge in [-0.2, -0.15) is 0 Å². The molecular weight excluding hydrogens is 304 g/mol. The van der Waals surface area contributed by atoms with Crippen molar-refractivity contribution in [1.29, 1.82) is 0 Å². The molecule has 6 heavy (non-hydrogen) atoms. The second-order valence-corrected chi connectivity index (χ2v) is 1.87. The Kier molecular flexibility index (Phi) is 16.7. The van der Waals surface area contributed by atoms with E-state index in [-0.39, 0.29) is 24.0 Å². The molecular formula is C3H8I2N-. The van der Waals surface area contributed by atoms with Gasteiger partial charge in [0.25, 0.3) is 0 Å². The van der Waals surface area contributed by atoms with Gasteiger partial charge in [-0.15, -0.1) is 0 Å². The van der Waals surface area contributed by atoms with Crippen LogP contribution in [0.1, 0.15) is 0 Å². The van der Waals surface area contributed by atoms with Crippen molar-refractivity contribution in [2.45, 2.75) is 0 Å². The predicted octanol–water partition coefficient (Wildman–Crippen LogP) is -2.36. The summed E-state index contributed by atoms with van der Waals surface area (Å²) in [4.78, 5) is 0. The molecule has 0 amide bonds. The summed E-state index contributed by atoms with van der Waals surface area (Å²) in [6, 6.07) is 0. The zero-order valence-corrected chi connectivity index (χ0v) is 7.99. The Balaban J connectivity index is 0. The van der Waals surface area contributed by atoms with Crippen LogP contribution in [0, 0.1) is 0 Å². The van der Waals surface area contributed by atoms with Crippen LogP contribution in [0.15, 0.2) is 0 Å². The highest BCUT2D eigenvalue weighted by Crippen LogP contribution is 1.72. The topological polar surface area (TPSA) is 12.0 Å². The van der Waals surface area contributed by atoms with Gasteiger partial charge in [0.2, 0.25) is 0 Å². The van der Waals surface area contributed by atoms with Crippen molar-refractivity contribution in [3.63, 3.8) is 0 Å². The molecule has 0 atom stereocenters. The van der Waals surface area contributed by atoms with Crippen LogP contribution in [0.3, 0.4) is 0 Å². The van der Waals surface area contributed by atoms with Crippen molar-refractivity contribution >= 4 is 22.6 Å². The zero-order valence-electron chi connectivity index (χ0n) is 3.67. The first-order valence-corrected chi connectivity index (χ1v) is 3.15. The fourth-order valence-electron chi connectivity index (χ4n) is 0.0945. The number of hydrogen-bond donors (Lipinski definition) is 1. The summed E-state index contributed by atoms with van der Waals surface area (Å²) in [5, 5.41) is 3.01. The molecule has 0 aromatic rings. The Hall–Kier alpha value is 1.42. The summed E-state index contributed by atoms with van der Waals surface area (Å²) < 4.78 is 1.20. The van der Waals surface area contributed by atoms with Gasteiger partial charge < -0.3 is 29.3 Å². The van der Waals surface area contributed by atoms with Gasteiger partial charge in [0.05, 0.1) is 0 Å². The summed E-state index contributed by atoms with van der Waals surface area (Å²) in [5.41, 5.74) is 0. The first-order valence-electron chi connectivity index (χ1n) is 1.62. The molecule has 0 aliphatic rings. The van der Waals surface area contributed by atoms with E-state index in [2.05, 4.69) is 27.9 Å². The van der Waals surface area contributed by atoms with E-state index in [1.807, 2.05) is 7.05 Å². The van der Waals surface area contributed by atoms with Gasteiger partial charge in [-0.25, -0.2) is 0 Å². The average molecular weight is 312 g/mol. The molecule has 0 bridgehead atoms. The quantitative estimate of drug-likeness (QED) is 0.445. The molecule has 0 spiro atoms. The smallest absolute Gasteiger partial charge is 0.0121 e. The third-order valence-electron chi connectivity index (χ3n) is 0.344. The lowest BCUT2D eigenvalue weighted by Gasteiger charge is -1.83. The van der Waals surface area contributed by atoms with E-state index in [9.17, 15) is 0 Å². The molecule has 0 aromatic heterocycles. The lowest BCUT2D eigenvalue weighted by Crippen LogP contribution is -3.00. The minimum atomic E-state index is 0. The van der Waals surface area contributed by atoms with E-state index in [0.29, 0.717) is 0 Å². The highest BCUT2D eigenvalue weighted by molar-refractivity contribution is 14.1. The van der Waals surface area contributed by atoms with Crippen molar-refractivity contribution in [2.75, 3.05) is 18.0 Å². The molecule has 0 heterocycles. The predicted molar refractivity (Wildman–Crippen MR) is 32.8 cm³/mol. The number of rotatable bonds is 2. The first kappa shape index (κ1) is 10.4. The van der Waals surface area contributed by atoms with Gasteiger partial charge in [0, 0.05) is 11.0 Å². The Labute approximate surface area is 69.4 Å². The van der Waals surface area contributed by atoms with E-state index in [1.54, 1.807) is 0 Å². The van der Waals surface area contributed by atoms with E-state index < -0.39 is 0 Å². The van der Waals surface area contributed by atoms with Crippen LogP contribution in [0.25, 0.3) is 0 Å². The lowest BCUT2D eigenvalue weighted by atomic mass is 10.8. The van der Waals surface area contributed by atoms with E-state index >= 15 is 0 Å². The second kappa shape index (κ2) is 9.65. The Morgan fingerprint density at radius 1 is 1.67 bits per heavy atom. The summed E-state index contributed by atoms with van der Waals surface area (Å²) in [6.45, 7) is 1.13. The summed E-state index contributed by atoms with van der Waals surface area (Å²) in [6.07, 6.45) is 0. The minimum absolute atomic E-state index is 0. The lowest BCUT2D eigenvalue weighted by molar-refractivity contribution is -0.00000103. The van der Waals surface area contributed by atoms with E-state index in [4.69, 9.17) is 0 Å². The van der Waals surface area contributed by atoms with Crippen molar-refractivity contribution in [1.82, 2.24) is 5.32 Å². The van der Waals surface area contributed by atoms with Gasteiger partial charge in [-0.3, -0.25) is 0 Å². The average Bonchev–Trinajstić information content (AvgIpc) is 1.41. The maximum atomic E-state index is 3.01. The summed E-state index contributed by atoms with van der Waals surface area (Å²) in [5.74, 6) is 0. The van der Waals surface area contributed by atoms with Crippen LogP contribution in [0.2, 0.25) is 0 Å². The highest BCUT2D eigenvalue weighted by atomic mass is 127.